The smallest absolute Gasteiger partial charge is 0.270 e. The number of hydrogen-bond acceptors (Lipinski definition) is 3. The average molecular weight is 448 g/mol. The topological polar surface area (TPSA) is 67.2 Å². The molecule has 0 atom stereocenters. The van der Waals surface area contributed by atoms with Gasteiger partial charge >= 0.3 is 0 Å². The third-order valence-corrected chi connectivity index (χ3v) is 3.94. The molecule has 5 nitrogen and oxygen atoms in total. The zero-order chi connectivity index (χ0) is 17.1. The molecule has 0 saturated carbocycles. The zero-order valence-corrected chi connectivity index (χ0v) is 15.8. The highest BCUT2D eigenvalue weighted by atomic mass is 127. The van der Waals surface area contributed by atoms with E-state index in [4.69, 9.17) is 0 Å². The van der Waals surface area contributed by atoms with Crippen molar-refractivity contribution in [2.24, 2.45) is 0 Å². The first-order valence-corrected chi connectivity index (χ1v) is 7.67. The highest BCUT2D eigenvalue weighted by molar-refractivity contribution is 5.78. The second-order valence-corrected chi connectivity index (χ2v) is 5.39. The number of non-ortho nitro benzene ring substituents is 1. The Morgan fingerprint density at radius 3 is 2.60 bits per heavy atom. The molecule has 128 valence electrons. The summed E-state index contributed by atoms with van der Waals surface area (Å²) in [5, 5.41) is 21.9. The van der Waals surface area contributed by atoms with Gasteiger partial charge in [0.05, 0.1) is 4.92 Å². The number of aromatic hydroxyl groups is 1. The first-order chi connectivity index (χ1) is 11.6. The molecule has 0 aliphatic heterocycles. The van der Waals surface area contributed by atoms with Gasteiger partial charge in [0.15, 0.2) is 0 Å². The van der Waals surface area contributed by atoms with Crippen molar-refractivity contribution in [2.45, 2.75) is 13.5 Å². The maximum absolute atomic E-state index is 10.9. The predicted octanol–water partition coefficient (Wildman–Crippen LogP) is 0.935. The van der Waals surface area contributed by atoms with Crippen molar-refractivity contribution < 1.29 is 38.6 Å². The van der Waals surface area contributed by atoms with Crippen LogP contribution in [0.5, 0.6) is 5.75 Å². The maximum Gasteiger partial charge on any atom is 0.270 e. The Morgan fingerprint density at radius 1 is 1.12 bits per heavy atom. The molecule has 0 fully saturated rings. The molecule has 3 aromatic rings. The maximum atomic E-state index is 10.9. The van der Waals surface area contributed by atoms with Crippen molar-refractivity contribution in [3.63, 3.8) is 0 Å². The highest BCUT2D eigenvalue weighted by Crippen LogP contribution is 2.24. The van der Waals surface area contributed by atoms with E-state index < -0.39 is 4.92 Å². The van der Waals surface area contributed by atoms with Crippen LogP contribution in [-0.2, 0) is 6.54 Å². The second-order valence-electron chi connectivity index (χ2n) is 5.39. The van der Waals surface area contributed by atoms with Gasteiger partial charge in [-0.05, 0) is 31.2 Å². The molecule has 0 aliphatic carbocycles. The number of aromatic nitrogens is 1. The van der Waals surface area contributed by atoms with Crippen molar-refractivity contribution in [3.8, 4) is 5.75 Å². The normalized spacial score (nSPS) is 10.8. The number of fused-ring (bicyclic) bond motifs is 1. The summed E-state index contributed by atoms with van der Waals surface area (Å²) in [5.41, 5.74) is 2.45. The summed E-state index contributed by atoms with van der Waals surface area (Å²) in [6.45, 7) is 2.86. The number of pyridine rings is 1. The van der Waals surface area contributed by atoms with Crippen molar-refractivity contribution in [3.05, 3.63) is 76.0 Å². The van der Waals surface area contributed by atoms with Crippen LogP contribution in [0.3, 0.4) is 0 Å². The molecule has 0 amide bonds. The quantitative estimate of drug-likeness (QED) is 0.280. The number of aryl methyl sites for hydroxylation is 1. The van der Waals surface area contributed by atoms with Crippen LogP contribution in [0.15, 0.2) is 54.6 Å². The van der Waals surface area contributed by atoms with E-state index in [1.807, 2.05) is 30.3 Å². The molecule has 0 bridgehead atoms. The number of para-hydroxylation sites is 1. The Bertz CT molecular complexity index is 955. The molecule has 25 heavy (non-hydrogen) atoms. The Labute approximate surface area is 162 Å². The third kappa shape index (κ3) is 3.96. The standard InChI is InChI=1S/C19H16N2O3.HI/c1-2-20-16(9-7-14-5-3-4-6-18(14)20)10-8-15-13-17(21(23)24)11-12-19(15)22;/h3-13H,2H2,1H3;1H. The van der Waals surface area contributed by atoms with E-state index in [9.17, 15) is 15.2 Å². The number of phenols is 1. The summed E-state index contributed by atoms with van der Waals surface area (Å²) in [6.07, 6.45) is 3.55. The number of phenolic OH excluding ortho intramolecular Hbond substituents is 1. The van der Waals surface area contributed by atoms with Gasteiger partial charge in [0.2, 0.25) is 11.2 Å². The van der Waals surface area contributed by atoms with Crippen LogP contribution in [0.25, 0.3) is 23.1 Å². The predicted molar refractivity (Wildman–Crippen MR) is 93.5 cm³/mol. The van der Waals surface area contributed by atoms with Crippen LogP contribution < -0.4 is 28.5 Å². The van der Waals surface area contributed by atoms with Crippen molar-refractivity contribution in [2.75, 3.05) is 0 Å². The van der Waals surface area contributed by atoms with E-state index in [0.29, 0.717) is 5.56 Å². The lowest BCUT2D eigenvalue weighted by Crippen LogP contribution is -3.00. The molecule has 0 unspecified atom stereocenters. The molecule has 1 N–H and O–H groups in total. The molecular weight excluding hydrogens is 431 g/mol. The van der Waals surface area contributed by atoms with Crippen molar-refractivity contribution >= 4 is 28.7 Å². The minimum atomic E-state index is -0.473. The third-order valence-electron chi connectivity index (χ3n) is 3.94. The number of nitro groups is 1. The number of benzene rings is 2. The SMILES string of the molecule is CC[n+]1c(/C=C/c2cc([N+](=O)[O-])ccc2O)ccc2ccccc21.[I-]. The first kappa shape index (κ1) is 18.9. The molecule has 6 heteroatoms. The zero-order valence-electron chi connectivity index (χ0n) is 13.6. The number of nitrogens with zero attached hydrogens (tertiary/aromatic N) is 2. The fraction of sp³-hybridized carbons (Fsp3) is 0.105. The van der Waals surface area contributed by atoms with Crippen molar-refractivity contribution in [1.29, 1.82) is 0 Å². The second kappa shape index (κ2) is 8.06. The van der Waals surface area contributed by atoms with E-state index in [1.165, 1.54) is 18.2 Å². The molecule has 1 heterocycles. The lowest BCUT2D eigenvalue weighted by molar-refractivity contribution is -0.669. The van der Waals surface area contributed by atoms with Crippen LogP contribution in [-0.4, -0.2) is 10.0 Å². The Kier molecular flexibility index (Phi) is 6.08. The van der Waals surface area contributed by atoms with Crippen LogP contribution in [0, 0.1) is 10.1 Å². The molecular formula is C19H17IN2O3. The van der Waals surface area contributed by atoms with Gasteiger partial charge in [-0.2, -0.15) is 4.57 Å². The molecule has 1 aromatic heterocycles. The summed E-state index contributed by atoms with van der Waals surface area (Å²) in [7, 11) is 0. The fourth-order valence-corrected chi connectivity index (χ4v) is 2.74. The van der Waals surface area contributed by atoms with Gasteiger partial charge in [0.1, 0.15) is 12.3 Å². The lowest BCUT2D eigenvalue weighted by Gasteiger charge is -2.03. The summed E-state index contributed by atoms with van der Waals surface area (Å²) in [6, 6.07) is 16.1. The molecule has 2 aromatic carbocycles. The number of hydrogen-bond donors (Lipinski definition) is 1. The number of rotatable bonds is 4. The van der Waals surface area contributed by atoms with Gasteiger partial charge in [-0.15, -0.1) is 0 Å². The van der Waals surface area contributed by atoms with E-state index in [1.54, 1.807) is 6.08 Å². The van der Waals surface area contributed by atoms with E-state index >= 15 is 0 Å². The highest BCUT2D eigenvalue weighted by Gasteiger charge is 2.12. The Hall–Kier alpha value is -2.48. The summed E-state index contributed by atoms with van der Waals surface area (Å²) >= 11 is 0. The van der Waals surface area contributed by atoms with Gasteiger partial charge in [-0.25, -0.2) is 0 Å². The van der Waals surface area contributed by atoms with Gasteiger partial charge in [-0.3, -0.25) is 10.1 Å². The minimum absolute atomic E-state index is 0. The van der Waals surface area contributed by atoms with Crippen LogP contribution >= 0.6 is 0 Å². The molecule has 0 saturated heterocycles. The monoisotopic (exact) mass is 448 g/mol. The van der Waals surface area contributed by atoms with Crippen LogP contribution in [0.4, 0.5) is 5.69 Å². The fourth-order valence-electron chi connectivity index (χ4n) is 2.74. The van der Waals surface area contributed by atoms with Gasteiger partial charge in [0, 0.05) is 41.3 Å². The Morgan fingerprint density at radius 2 is 1.88 bits per heavy atom. The van der Waals surface area contributed by atoms with Gasteiger partial charge in [0.25, 0.3) is 5.69 Å². The van der Waals surface area contributed by atoms with Gasteiger partial charge in [-0.1, -0.05) is 12.1 Å². The summed E-state index contributed by atoms with van der Waals surface area (Å²) in [4.78, 5) is 10.4. The summed E-state index contributed by atoms with van der Waals surface area (Å²) < 4.78 is 2.15. The molecule has 0 aliphatic rings. The largest absolute Gasteiger partial charge is 1.00 e. The number of halogens is 1. The van der Waals surface area contributed by atoms with E-state index in [0.717, 1.165) is 23.1 Å². The minimum Gasteiger partial charge on any atom is -1.00 e. The lowest BCUT2D eigenvalue weighted by atomic mass is 10.1. The van der Waals surface area contributed by atoms with E-state index in [2.05, 4.69) is 23.6 Å². The Balaban J connectivity index is 0.00000225. The van der Waals surface area contributed by atoms with E-state index in [-0.39, 0.29) is 35.4 Å². The molecule has 0 spiro atoms. The average Bonchev–Trinajstić information content (AvgIpc) is 2.60. The first-order valence-electron chi connectivity index (χ1n) is 7.67. The molecule has 3 rings (SSSR count). The van der Waals surface area contributed by atoms with Gasteiger partial charge < -0.3 is 29.1 Å². The van der Waals surface area contributed by atoms with Crippen LogP contribution in [0.2, 0.25) is 0 Å². The number of nitro benzene ring substituents is 1. The molecule has 0 radical (unpaired) electrons. The van der Waals surface area contributed by atoms with Crippen LogP contribution in [0.1, 0.15) is 18.2 Å². The summed E-state index contributed by atoms with van der Waals surface area (Å²) in [5.74, 6) is 0.0145. The van der Waals surface area contributed by atoms with Crippen molar-refractivity contribution in [1.82, 2.24) is 0 Å².